The standard InChI is InChI=1S/C13H24N4O2/c1-9-8-10(14)4-5-16(9)6-7-17-11(18)13(2,3)15-12(17)19/h9-10H,4-8,14H2,1-3H3,(H,15,19). The van der Waals surface area contributed by atoms with Gasteiger partial charge in [-0.25, -0.2) is 4.79 Å². The van der Waals surface area contributed by atoms with Gasteiger partial charge in [0.1, 0.15) is 5.54 Å². The summed E-state index contributed by atoms with van der Waals surface area (Å²) in [5.74, 6) is -0.140. The van der Waals surface area contributed by atoms with Crippen LogP contribution in [0.15, 0.2) is 0 Å². The van der Waals surface area contributed by atoms with Gasteiger partial charge >= 0.3 is 6.03 Å². The second-order valence-corrected chi connectivity index (χ2v) is 6.18. The number of rotatable bonds is 3. The van der Waals surface area contributed by atoms with E-state index in [0.29, 0.717) is 12.6 Å². The van der Waals surface area contributed by atoms with Gasteiger partial charge < -0.3 is 11.1 Å². The van der Waals surface area contributed by atoms with E-state index in [4.69, 9.17) is 5.73 Å². The molecular formula is C13H24N4O2. The predicted octanol–water partition coefficient (Wildman–Crippen LogP) is 0.128. The van der Waals surface area contributed by atoms with Crippen molar-refractivity contribution >= 4 is 11.9 Å². The van der Waals surface area contributed by atoms with Crippen molar-refractivity contribution in [2.45, 2.75) is 51.2 Å². The minimum Gasteiger partial charge on any atom is -0.328 e. The Morgan fingerprint density at radius 1 is 1.37 bits per heavy atom. The molecule has 0 radical (unpaired) electrons. The monoisotopic (exact) mass is 268 g/mol. The van der Waals surface area contributed by atoms with Crippen LogP contribution in [-0.2, 0) is 4.79 Å². The fourth-order valence-electron chi connectivity index (χ4n) is 2.84. The lowest BCUT2D eigenvalue weighted by atomic mass is 9.99. The van der Waals surface area contributed by atoms with Gasteiger partial charge in [0.15, 0.2) is 0 Å². The maximum absolute atomic E-state index is 12.0. The third-order valence-electron chi connectivity index (χ3n) is 4.11. The maximum Gasteiger partial charge on any atom is 0.325 e. The highest BCUT2D eigenvalue weighted by Gasteiger charge is 2.44. The van der Waals surface area contributed by atoms with Gasteiger partial charge in [0, 0.05) is 25.2 Å². The number of piperidine rings is 1. The van der Waals surface area contributed by atoms with Gasteiger partial charge in [-0.15, -0.1) is 0 Å². The van der Waals surface area contributed by atoms with Crippen molar-refractivity contribution in [2.24, 2.45) is 5.73 Å². The van der Waals surface area contributed by atoms with Crippen LogP contribution in [-0.4, -0.2) is 59.0 Å². The van der Waals surface area contributed by atoms with Gasteiger partial charge in [0.25, 0.3) is 5.91 Å². The second kappa shape index (κ2) is 5.09. The van der Waals surface area contributed by atoms with E-state index in [-0.39, 0.29) is 18.0 Å². The Labute approximate surface area is 114 Å². The summed E-state index contributed by atoms with van der Waals surface area (Å²) in [5, 5.41) is 2.70. The number of hydrogen-bond acceptors (Lipinski definition) is 4. The quantitative estimate of drug-likeness (QED) is 0.713. The zero-order valence-electron chi connectivity index (χ0n) is 12.0. The molecule has 19 heavy (non-hydrogen) atoms. The van der Waals surface area contributed by atoms with Gasteiger partial charge in [0.05, 0.1) is 0 Å². The van der Waals surface area contributed by atoms with Gasteiger partial charge in [-0.3, -0.25) is 14.6 Å². The molecule has 0 aromatic carbocycles. The van der Waals surface area contributed by atoms with Crippen LogP contribution in [0.4, 0.5) is 4.79 Å². The fourth-order valence-corrected chi connectivity index (χ4v) is 2.84. The van der Waals surface area contributed by atoms with E-state index in [1.165, 1.54) is 4.90 Å². The third kappa shape index (κ3) is 2.90. The molecule has 2 atom stereocenters. The van der Waals surface area contributed by atoms with Crippen LogP contribution >= 0.6 is 0 Å². The fraction of sp³-hybridized carbons (Fsp3) is 0.846. The summed E-state index contributed by atoms with van der Waals surface area (Å²) in [6.45, 7) is 7.73. The van der Waals surface area contributed by atoms with Gasteiger partial charge in [-0.1, -0.05) is 0 Å². The first-order valence-electron chi connectivity index (χ1n) is 6.95. The highest BCUT2D eigenvalue weighted by atomic mass is 16.2. The highest BCUT2D eigenvalue weighted by Crippen LogP contribution is 2.18. The molecule has 6 nitrogen and oxygen atoms in total. The van der Waals surface area contributed by atoms with Crippen LogP contribution in [0.25, 0.3) is 0 Å². The average Bonchev–Trinajstić information content (AvgIpc) is 2.49. The molecule has 108 valence electrons. The summed E-state index contributed by atoms with van der Waals surface area (Å²) in [7, 11) is 0. The molecule has 2 aliphatic rings. The zero-order chi connectivity index (χ0) is 14.2. The highest BCUT2D eigenvalue weighted by molar-refractivity contribution is 6.06. The van der Waals surface area contributed by atoms with E-state index in [1.807, 2.05) is 0 Å². The normalized spacial score (nSPS) is 31.7. The molecule has 2 heterocycles. The molecule has 0 aromatic heterocycles. The topological polar surface area (TPSA) is 78.7 Å². The van der Waals surface area contributed by atoms with Crippen LogP contribution in [0.1, 0.15) is 33.6 Å². The van der Waals surface area contributed by atoms with E-state index in [9.17, 15) is 9.59 Å². The molecule has 0 spiro atoms. The number of nitrogens with two attached hydrogens (primary N) is 1. The van der Waals surface area contributed by atoms with Crippen molar-refractivity contribution in [3.63, 3.8) is 0 Å². The Bertz CT molecular complexity index is 383. The Morgan fingerprint density at radius 2 is 2.05 bits per heavy atom. The number of amides is 3. The number of nitrogens with one attached hydrogen (secondary N) is 1. The van der Waals surface area contributed by atoms with Crippen molar-refractivity contribution in [3.8, 4) is 0 Å². The molecule has 2 aliphatic heterocycles. The Balaban J connectivity index is 1.89. The number of urea groups is 1. The van der Waals surface area contributed by atoms with E-state index in [0.717, 1.165) is 25.9 Å². The summed E-state index contributed by atoms with van der Waals surface area (Å²) < 4.78 is 0. The molecule has 0 aromatic rings. The zero-order valence-corrected chi connectivity index (χ0v) is 12.0. The van der Waals surface area contributed by atoms with Crippen molar-refractivity contribution in [2.75, 3.05) is 19.6 Å². The largest absolute Gasteiger partial charge is 0.328 e. The number of carbonyl (C=O) groups is 2. The lowest BCUT2D eigenvalue weighted by Crippen LogP contribution is -2.49. The molecule has 6 heteroatoms. The van der Waals surface area contributed by atoms with E-state index >= 15 is 0 Å². The van der Waals surface area contributed by atoms with Crippen molar-refractivity contribution in [3.05, 3.63) is 0 Å². The lowest BCUT2D eigenvalue weighted by Gasteiger charge is -2.36. The summed E-state index contributed by atoms with van der Waals surface area (Å²) in [6, 6.07) is 0.413. The number of carbonyl (C=O) groups excluding carboxylic acids is 2. The molecule has 2 fully saturated rings. The molecule has 0 saturated carbocycles. The first-order valence-corrected chi connectivity index (χ1v) is 6.95. The number of imide groups is 1. The minimum absolute atomic E-state index is 0.140. The molecule has 2 unspecified atom stereocenters. The van der Waals surface area contributed by atoms with Crippen molar-refractivity contribution in [1.29, 1.82) is 0 Å². The van der Waals surface area contributed by atoms with Crippen LogP contribution in [0.3, 0.4) is 0 Å². The number of nitrogens with zero attached hydrogens (tertiary/aromatic N) is 2. The average molecular weight is 268 g/mol. The van der Waals surface area contributed by atoms with Gasteiger partial charge in [0.2, 0.25) is 0 Å². The van der Waals surface area contributed by atoms with Crippen LogP contribution < -0.4 is 11.1 Å². The molecular weight excluding hydrogens is 244 g/mol. The molecule has 2 rings (SSSR count). The molecule has 3 N–H and O–H groups in total. The van der Waals surface area contributed by atoms with Crippen LogP contribution in [0, 0.1) is 0 Å². The Hall–Kier alpha value is -1.14. The number of hydrogen-bond donors (Lipinski definition) is 2. The van der Waals surface area contributed by atoms with Crippen LogP contribution in [0.5, 0.6) is 0 Å². The van der Waals surface area contributed by atoms with Gasteiger partial charge in [-0.2, -0.15) is 0 Å². The summed E-state index contributed by atoms with van der Waals surface area (Å²) in [4.78, 5) is 27.4. The first kappa shape index (κ1) is 14.3. The Morgan fingerprint density at radius 3 is 2.58 bits per heavy atom. The smallest absolute Gasteiger partial charge is 0.325 e. The molecule has 0 bridgehead atoms. The van der Waals surface area contributed by atoms with E-state index < -0.39 is 5.54 Å². The minimum atomic E-state index is -0.771. The predicted molar refractivity (Wildman–Crippen MR) is 72.6 cm³/mol. The van der Waals surface area contributed by atoms with Crippen LogP contribution in [0.2, 0.25) is 0 Å². The first-order chi connectivity index (χ1) is 8.81. The maximum atomic E-state index is 12.0. The van der Waals surface area contributed by atoms with E-state index in [2.05, 4.69) is 17.1 Å². The molecule has 0 aliphatic carbocycles. The molecule has 2 saturated heterocycles. The third-order valence-corrected chi connectivity index (χ3v) is 4.11. The summed E-state index contributed by atoms with van der Waals surface area (Å²) >= 11 is 0. The summed E-state index contributed by atoms with van der Waals surface area (Å²) in [6.07, 6.45) is 1.96. The second-order valence-electron chi connectivity index (χ2n) is 6.18. The number of likely N-dealkylation sites (tertiary alicyclic amines) is 1. The molecule has 3 amide bonds. The van der Waals surface area contributed by atoms with E-state index in [1.54, 1.807) is 13.8 Å². The van der Waals surface area contributed by atoms with Crippen molar-refractivity contribution in [1.82, 2.24) is 15.1 Å². The summed E-state index contributed by atoms with van der Waals surface area (Å²) in [5.41, 5.74) is 5.16. The Kier molecular flexibility index (Phi) is 3.82. The van der Waals surface area contributed by atoms with Gasteiger partial charge in [-0.05, 0) is 40.2 Å². The van der Waals surface area contributed by atoms with Crippen molar-refractivity contribution < 1.29 is 9.59 Å². The SMILES string of the molecule is CC1CC(N)CCN1CCN1C(=O)NC(C)(C)C1=O. The lowest BCUT2D eigenvalue weighted by molar-refractivity contribution is -0.130.